The fourth-order valence-corrected chi connectivity index (χ4v) is 4.58. The number of likely N-dealkylation sites (tertiary alicyclic amines) is 1. The van der Waals surface area contributed by atoms with Gasteiger partial charge in [0, 0.05) is 22.7 Å². The Kier molecular flexibility index (Phi) is 6.47. The van der Waals surface area contributed by atoms with E-state index in [1.807, 2.05) is 37.3 Å². The number of para-hydroxylation sites is 1. The van der Waals surface area contributed by atoms with Gasteiger partial charge < -0.3 is 19.8 Å². The van der Waals surface area contributed by atoms with Crippen LogP contribution in [-0.4, -0.2) is 49.6 Å². The minimum Gasteiger partial charge on any atom is -0.497 e. The number of carbonyl (C=O) groups is 1. The average Bonchev–Trinajstić information content (AvgIpc) is 3.22. The number of aromatic amines is 1. The van der Waals surface area contributed by atoms with E-state index < -0.39 is 0 Å². The smallest absolute Gasteiger partial charge is 0.234 e. The van der Waals surface area contributed by atoms with E-state index in [1.165, 1.54) is 10.9 Å². The predicted octanol–water partition coefficient (Wildman–Crippen LogP) is 4.24. The molecule has 1 aliphatic heterocycles. The fraction of sp³-hybridized carbons (Fsp3) is 0.400. The number of ether oxygens (including phenoxy) is 2. The van der Waals surface area contributed by atoms with Crippen LogP contribution >= 0.6 is 0 Å². The van der Waals surface area contributed by atoms with Gasteiger partial charge >= 0.3 is 0 Å². The zero-order chi connectivity index (χ0) is 21.8. The maximum absolute atomic E-state index is 12.6. The number of methoxy groups -OCH3 is 2. The number of nitrogens with one attached hydrogen (secondary N) is 2. The van der Waals surface area contributed by atoms with E-state index in [4.69, 9.17) is 9.47 Å². The second-order valence-corrected chi connectivity index (χ2v) is 8.24. The highest BCUT2D eigenvalue weighted by Crippen LogP contribution is 2.34. The van der Waals surface area contributed by atoms with Gasteiger partial charge in [-0.1, -0.05) is 18.2 Å². The van der Waals surface area contributed by atoms with Crippen molar-refractivity contribution < 1.29 is 14.3 Å². The van der Waals surface area contributed by atoms with E-state index in [2.05, 4.69) is 33.5 Å². The first kappa shape index (κ1) is 21.2. The molecule has 4 rings (SSSR count). The van der Waals surface area contributed by atoms with Gasteiger partial charge in [-0.15, -0.1) is 0 Å². The Morgan fingerprint density at radius 3 is 2.68 bits per heavy atom. The molecule has 1 atom stereocenters. The van der Waals surface area contributed by atoms with E-state index in [-0.39, 0.29) is 11.9 Å². The minimum atomic E-state index is -0.0950. The summed E-state index contributed by atoms with van der Waals surface area (Å²) >= 11 is 0. The molecule has 6 nitrogen and oxygen atoms in total. The van der Waals surface area contributed by atoms with Crippen molar-refractivity contribution in [3.8, 4) is 11.5 Å². The number of hydrogen-bond acceptors (Lipinski definition) is 4. The van der Waals surface area contributed by atoms with Gasteiger partial charge in [0.2, 0.25) is 5.91 Å². The third-order valence-corrected chi connectivity index (χ3v) is 6.30. The van der Waals surface area contributed by atoms with Crippen molar-refractivity contribution in [1.82, 2.24) is 15.2 Å². The summed E-state index contributed by atoms with van der Waals surface area (Å²) in [4.78, 5) is 18.3. The lowest BCUT2D eigenvalue weighted by molar-refractivity contribution is -0.123. The van der Waals surface area contributed by atoms with Crippen molar-refractivity contribution in [2.45, 2.75) is 31.7 Å². The van der Waals surface area contributed by atoms with Crippen LogP contribution in [0, 0.1) is 0 Å². The molecule has 1 fully saturated rings. The Morgan fingerprint density at radius 1 is 1.16 bits per heavy atom. The molecule has 6 heteroatoms. The number of amides is 1. The van der Waals surface area contributed by atoms with Gasteiger partial charge in [-0.05, 0) is 68.6 Å². The predicted molar refractivity (Wildman–Crippen MR) is 123 cm³/mol. The summed E-state index contributed by atoms with van der Waals surface area (Å²) < 4.78 is 10.8. The number of aromatic nitrogens is 1. The monoisotopic (exact) mass is 421 g/mol. The van der Waals surface area contributed by atoms with Gasteiger partial charge in [0.25, 0.3) is 0 Å². The SMILES string of the molecule is COc1ccc2[nH]cc(C3CCN(CC(=O)NC(C)c4ccccc4OC)CC3)c2c1. The normalized spacial score (nSPS) is 16.2. The van der Waals surface area contributed by atoms with Crippen molar-refractivity contribution in [1.29, 1.82) is 0 Å². The number of rotatable bonds is 7. The molecule has 1 unspecified atom stereocenters. The molecule has 2 heterocycles. The molecule has 1 saturated heterocycles. The summed E-state index contributed by atoms with van der Waals surface area (Å²) in [7, 11) is 3.35. The molecule has 0 spiro atoms. The summed E-state index contributed by atoms with van der Waals surface area (Å²) in [6, 6.07) is 13.9. The zero-order valence-corrected chi connectivity index (χ0v) is 18.5. The minimum absolute atomic E-state index is 0.0497. The molecule has 2 aromatic carbocycles. The lowest BCUT2D eigenvalue weighted by atomic mass is 9.89. The van der Waals surface area contributed by atoms with Gasteiger partial charge in [-0.3, -0.25) is 9.69 Å². The molecule has 0 saturated carbocycles. The fourth-order valence-electron chi connectivity index (χ4n) is 4.58. The van der Waals surface area contributed by atoms with Crippen LogP contribution in [0.1, 0.15) is 42.9 Å². The Bertz CT molecular complexity index is 1040. The molecule has 0 bridgehead atoms. The summed E-state index contributed by atoms with van der Waals surface area (Å²) in [5.74, 6) is 2.22. The van der Waals surface area contributed by atoms with Crippen LogP contribution in [0.2, 0.25) is 0 Å². The topological polar surface area (TPSA) is 66.6 Å². The Balaban J connectivity index is 1.32. The molecule has 1 amide bonds. The summed E-state index contributed by atoms with van der Waals surface area (Å²) in [6.45, 7) is 4.25. The largest absolute Gasteiger partial charge is 0.497 e. The number of piperidine rings is 1. The van der Waals surface area contributed by atoms with Crippen LogP contribution in [0.4, 0.5) is 0 Å². The third-order valence-electron chi connectivity index (χ3n) is 6.30. The van der Waals surface area contributed by atoms with Gasteiger partial charge in [0.05, 0.1) is 26.8 Å². The molecular formula is C25H31N3O3. The molecular weight excluding hydrogens is 390 g/mol. The molecule has 3 aromatic rings. The van der Waals surface area contributed by atoms with Gasteiger partial charge in [0.1, 0.15) is 11.5 Å². The average molecular weight is 422 g/mol. The number of fused-ring (bicyclic) bond motifs is 1. The van der Waals surface area contributed by atoms with Crippen molar-refractivity contribution in [2.75, 3.05) is 33.9 Å². The quantitative estimate of drug-likeness (QED) is 0.599. The van der Waals surface area contributed by atoms with Crippen LogP contribution in [0.3, 0.4) is 0 Å². The zero-order valence-electron chi connectivity index (χ0n) is 18.5. The Hall–Kier alpha value is -2.99. The van der Waals surface area contributed by atoms with Crippen molar-refractivity contribution in [3.05, 3.63) is 59.8 Å². The van der Waals surface area contributed by atoms with Gasteiger partial charge in [-0.2, -0.15) is 0 Å². The number of nitrogens with zero attached hydrogens (tertiary/aromatic N) is 1. The van der Waals surface area contributed by atoms with E-state index in [9.17, 15) is 4.79 Å². The van der Waals surface area contributed by atoms with E-state index in [0.717, 1.165) is 48.5 Å². The number of carbonyl (C=O) groups excluding carboxylic acids is 1. The van der Waals surface area contributed by atoms with Gasteiger partial charge in [-0.25, -0.2) is 0 Å². The van der Waals surface area contributed by atoms with Crippen molar-refractivity contribution in [2.24, 2.45) is 0 Å². The molecule has 0 aliphatic carbocycles. The van der Waals surface area contributed by atoms with Gasteiger partial charge in [0.15, 0.2) is 0 Å². The van der Waals surface area contributed by atoms with E-state index in [1.54, 1.807) is 14.2 Å². The standard InChI is InChI=1S/C25H31N3O3/c1-17(20-6-4-5-7-24(20)31-3)27-25(29)16-28-12-10-18(11-13-28)22-15-26-23-9-8-19(30-2)14-21(22)23/h4-9,14-15,17-18,26H,10-13,16H2,1-3H3,(H,27,29). The third kappa shape index (κ3) is 4.69. The van der Waals surface area contributed by atoms with Crippen LogP contribution in [0.25, 0.3) is 10.9 Å². The summed E-state index contributed by atoms with van der Waals surface area (Å²) in [5, 5.41) is 4.35. The lowest BCUT2D eigenvalue weighted by Crippen LogP contribution is -2.41. The summed E-state index contributed by atoms with van der Waals surface area (Å²) in [6.07, 6.45) is 4.21. The van der Waals surface area contributed by atoms with E-state index in [0.29, 0.717) is 12.5 Å². The molecule has 0 radical (unpaired) electrons. The molecule has 164 valence electrons. The highest BCUT2D eigenvalue weighted by molar-refractivity contribution is 5.85. The van der Waals surface area contributed by atoms with Crippen LogP contribution < -0.4 is 14.8 Å². The van der Waals surface area contributed by atoms with Crippen LogP contribution in [0.5, 0.6) is 11.5 Å². The second-order valence-electron chi connectivity index (χ2n) is 8.24. The highest BCUT2D eigenvalue weighted by atomic mass is 16.5. The summed E-state index contributed by atoms with van der Waals surface area (Å²) in [5.41, 5.74) is 3.48. The Morgan fingerprint density at radius 2 is 1.94 bits per heavy atom. The maximum Gasteiger partial charge on any atom is 0.234 e. The van der Waals surface area contributed by atoms with Crippen LogP contribution in [0.15, 0.2) is 48.7 Å². The maximum atomic E-state index is 12.6. The molecule has 1 aromatic heterocycles. The van der Waals surface area contributed by atoms with Crippen molar-refractivity contribution >= 4 is 16.8 Å². The van der Waals surface area contributed by atoms with E-state index >= 15 is 0 Å². The lowest BCUT2D eigenvalue weighted by Gasteiger charge is -2.31. The molecule has 1 aliphatic rings. The first-order valence-electron chi connectivity index (χ1n) is 10.9. The first-order chi connectivity index (χ1) is 15.1. The number of benzene rings is 2. The number of H-pyrrole nitrogens is 1. The Labute approximate surface area is 183 Å². The van der Waals surface area contributed by atoms with Crippen LogP contribution in [-0.2, 0) is 4.79 Å². The second kappa shape index (κ2) is 9.43. The number of hydrogen-bond donors (Lipinski definition) is 2. The molecule has 2 N–H and O–H groups in total. The van der Waals surface area contributed by atoms with Crippen molar-refractivity contribution in [3.63, 3.8) is 0 Å². The first-order valence-corrected chi connectivity index (χ1v) is 10.9. The highest BCUT2D eigenvalue weighted by Gasteiger charge is 2.24. The molecule has 31 heavy (non-hydrogen) atoms.